The van der Waals surface area contributed by atoms with Crippen LogP contribution >= 0.6 is 0 Å². The maximum absolute atomic E-state index is 5.53. The molecule has 0 aliphatic carbocycles. The van der Waals surface area contributed by atoms with Crippen LogP contribution in [0.25, 0.3) is 0 Å². The van der Waals surface area contributed by atoms with Gasteiger partial charge in [0.25, 0.3) is 0 Å². The number of rotatable bonds is 10. The Bertz CT molecular complexity index is 322. The van der Waals surface area contributed by atoms with E-state index in [9.17, 15) is 0 Å². The summed E-state index contributed by atoms with van der Waals surface area (Å²) < 4.78 is 5.53. The van der Waals surface area contributed by atoms with Gasteiger partial charge in [-0.3, -0.25) is 4.98 Å². The lowest BCUT2D eigenvalue weighted by Crippen LogP contribution is -2.14. The fourth-order valence-electron chi connectivity index (χ4n) is 1.56. The Morgan fingerprint density at radius 1 is 1.44 bits per heavy atom. The van der Waals surface area contributed by atoms with Gasteiger partial charge in [0.15, 0.2) is 0 Å². The minimum atomic E-state index is 0.597. The summed E-state index contributed by atoms with van der Waals surface area (Å²) >= 11 is 0. The average Bonchev–Trinajstić information content (AvgIpc) is 2.40. The van der Waals surface area contributed by atoms with E-state index in [0.717, 1.165) is 44.7 Å². The summed E-state index contributed by atoms with van der Waals surface area (Å²) in [5, 5.41) is 3.36. The monoisotopic (exact) mass is 248 g/mol. The Morgan fingerprint density at radius 3 is 3.00 bits per heavy atom. The second-order valence-electron chi connectivity index (χ2n) is 4.32. The zero-order valence-corrected chi connectivity index (χ0v) is 11.3. The van der Waals surface area contributed by atoms with Crippen LogP contribution in [0.15, 0.2) is 31.0 Å². The van der Waals surface area contributed by atoms with Crippen molar-refractivity contribution in [3.8, 4) is 0 Å². The van der Waals surface area contributed by atoms with Crippen molar-refractivity contribution < 1.29 is 4.74 Å². The molecule has 1 rings (SSSR count). The number of nitrogens with one attached hydrogen (secondary N) is 1. The molecule has 18 heavy (non-hydrogen) atoms. The smallest absolute Gasteiger partial charge is 0.0887 e. The van der Waals surface area contributed by atoms with Crippen LogP contribution in [0.3, 0.4) is 0 Å². The molecule has 100 valence electrons. The fourth-order valence-corrected chi connectivity index (χ4v) is 1.56. The Labute approximate surface area is 110 Å². The predicted octanol–water partition coefficient (Wildman–Crippen LogP) is 3.06. The Balaban J connectivity index is 2.20. The van der Waals surface area contributed by atoms with E-state index < -0.39 is 0 Å². The van der Waals surface area contributed by atoms with Crippen molar-refractivity contribution in [1.82, 2.24) is 10.3 Å². The van der Waals surface area contributed by atoms with Crippen LogP contribution < -0.4 is 5.32 Å². The van der Waals surface area contributed by atoms with Crippen molar-refractivity contribution in [2.45, 2.75) is 39.3 Å². The molecule has 1 heterocycles. The molecule has 3 nitrogen and oxygen atoms in total. The van der Waals surface area contributed by atoms with Crippen molar-refractivity contribution in [3.63, 3.8) is 0 Å². The van der Waals surface area contributed by atoms with Crippen molar-refractivity contribution in [2.24, 2.45) is 0 Å². The van der Waals surface area contributed by atoms with Gasteiger partial charge < -0.3 is 10.1 Å². The third-order valence-electron chi connectivity index (χ3n) is 2.59. The van der Waals surface area contributed by atoms with Crippen molar-refractivity contribution in [1.29, 1.82) is 0 Å². The Morgan fingerprint density at radius 2 is 2.33 bits per heavy atom. The molecule has 0 aliphatic heterocycles. The number of hydrogen-bond donors (Lipinski definition) is 1. The predicted molar refractivity (Wildman–Crippen MR) is 75.3 cm³/mol. The number of pyridine rings is 1. The number of unbranched alkanes of at least 4 members (excludes halogenated alkanes) is 1. The number of hydrogen-bond acceptors (Lipinski definition) is 3. The zero-order chi connectivity index (χ0) is 13.1. The summed E-state index contributed by atoms with van der Waals surface area (Å²) in [6.07, 6.45) is 7.03. The molecule has 0 saturated carbocycles. The van der Waals surface area contributed by atoms with E-state index in [4.69, 9.17) is 4.74 Å². The lowest BCUT2D eigenvalue weighted by Gasteiger charge is -2.05. The first-order valence-corrected chi connectivity index (χ1v) is 6.70. The molecule has 3 heteroatoms. The van der Waals surface area contributed by atoms with Crippen molar-refractivity contribution >= 4 is 0 Å². The minimum Gasteiger partial charge on any atom is -0.375 e. The van der Waals surface area contributed by atoms with Gasteiger partial charge in [0.05, 0.1) is 12.3 Å². The normalized spacial score (nSPS) is 10.5. The number of aromatic nitrogens is 1. The molecule has 0 atom stereocenters. The van der Waals surface area contributed by atoms with Gasteiger partial charge in [-0.25, -0.2) is 0 Å². The SMILES string of the molecule is C=CCCCOCc1ccc(CNCCC)cn1. The topological polar surface area (TPSA) is 34.1 Å². The summed E-state index contributed by atoms with van der Waals surface area (Å²) in [4.78, 5) is 4.39. The van der Waals surface area contributed by atoms with E-state index >= 15 is 0 Å². The number of allylic oxidation sites excluding steroid dienone is 1. The third-order valence-corrected chi connectivity index (χ3v) is 2.59. The van der Waals surface area contributed by atoms with Crippen LogP contribution in [0.5, 0.6) is 0 Å². The van der Waals surface area contributed by atoms with E-state index in [1.807, 2.05) is 18.3 Å². The van der Waals surface area contributed by atoms with E-state index in [1.54, 1.807) is 0 Å². The molecule has 0 bridgehead atoms. The molecule has 0 saturated heterocycles. The molecule has 0 aromatic carbocycles. The van der Waals surface area contributed by atoms with Gasteiger partial charge >= 0.3 is 0 Å². The molecule has 0 spiro atoms. The van der Waals surface area contributed by atoms with Gasteiger partial charge in [-0.1, -0.05) is 19.1 Å². The van der Waals surface area contributed by atoms with Gasteiger partial charge in [0.1, 0.15) is 0 Å². The van der Waals surface area contributed by atoms with Crippen LogP contribution in [0.4, 0.5) is 0 Å². The van der Waals surface area contributed by atoms with Crippen LogP contribution in [0.1, 0.15) is 37.4 Å². The maximum Gasteiger partial charge on any atom is 0.0887 e. The highest BCUT2D eigenvalue weighted by atomic mass is 16.5. The average molecular weight is 248 g/mol. The van der Waals surface area contributed by atoms with Gasteiger partial charge in [-0.15, -0.1) is 6.58 Å². The first-order valence-electron chi connectivity index (χ1n) is 6.70. The molecule has 0 radical (unpaired) electrons. The second kappa shape index (κ2) is 9.80. The molecule has 0 unspecified atom stereocenters. The summed E-state index contributed by atoms with van der Waals surface area (Å²) in [5.74, 6) is 0. The summed E-state index contributed by atoms with van der Waals surface area (Å²) in [5.41, 5.74) is 2.21. The first-order chi connectivity index (χ1) is 8.86. The maximum atomic E-state index is 5.53. The molecular formula is C15H24N2O. The standard InChI is InChI=1S/C15H24N2O/c1-3-5-6-10-18-13-15-8-7-14(12-17-15)11-16-9-4-2/h3,7-8,12,16H,1,4-6,9-11,13H2,2H3. The highest BCUT2D eigenvalue weighted by Gasteiger charge is 1.96. The fraction of sp³-hybridized carbons (Fsp3) is 0.533. The zero-order valence-electron chi connectivity index (χ0n) is 11.3. The van der Waals surface area contributed by atoms with Gasteiger partial charge in [-0.05, 0) is 37.4 Å². The summed E-state index contributed by atoms with van der Waals surface area (Å²) in [6, 6.07) is 4.15. The van der Waals surface area contributed by atoms with E-state index in [2.05, 4.69) is 29.9 Å². The molecular weight excluding hydrogens is 224 g/mol. The van der Waals surface area contributed by atoms with E-state index in [-0.39, 0.29) is 0 Å². The molecule has 0 fully saturated rings. The lowest BCUT2D eigenvalue weighted by atomic mass is 10.2. The second-order valence-corrected chi connectivity index (χ2v) is 4.32. The molecule has 0 amide bonds. The van der Waals surface area contributed by atoms with Gasteiger partial charge in [0, 0.05) is 19.3 Å². The molecule has 1 N–H and O–H groups in total. The summed E-state index contributed by atoms with van der Waals surface area (Å²) in [7, 11) is 0. The van der Waals surface area contributed by atoms with Crippen LogP contribution in [0.2, 0.25) is 0 Å². The Hall–Kier alpha value is -1.19. The van der Waals surface area contributed by atoms with E-state index in [1.165, 1.54) is 5.56 Å². The third kappa shape index (κ3) is 6.52. The number of ether oxygens (including phenoxy) is 1. The quantitative estimate of drug-likeness (QED) is 0.510. The highest BCUT2D eigenvalue weighted by Crippen LogP contribution is 2.02. The molecule has 1 aromatic heterocycles. The van der Waals surface area contributed by atoms with Crippen LogP contribution in [-0.2, 0) is 17.9 Å². The lowest BCUT2D eigenvalue weighted by molar-refractivity contribution is 0.116. The molecule has 1 aromatic rings. The minimum absolute atomic E-state index is 0.597. The van der Waals surface area contributed by atoms with E-state index in [0.29, 0.717) is 6.61 Å². The molecule has 0 aliphatic rings. The largest absolute Gasteiger partial charge is 0.375 e. The van der Waals surface area contributed by atoms with Crippen LogP contribution in [0, 0.1) is 0 Å². The highest BCUT2D eigenvalue weighted by molar-refractivity contribution is 5.13. The van der Waals surface area contributed by atoms with Gasteiger partial charge in [0.2, 0.25) is 0 Å². The van der Waals surface area contributed by atoms with Gasteiger partial charge in [-0.2, -0.15) is 0 Å². The van der Waals surface area contributed by atoms with Crippen molar-refractivity contribution in [3.05, 3.63) is 42.2 Å². The number of nitrogens with zero attached hydrogens (tertiary/aromatic N) is 1. The summed E-state index contributed by atoms with van der Waals surface area (Å²) in [6.45, 7) is 9.16. The Kier molecular flexibility index (Phi) is 8.10. The van der Waals surface area contributed by atoms with Crippen LogP contribution in [-0.4, -0.2) is 18.1 Å². The van der Waals surface area contributed by atoms with Crippen molar-refractivity contribution in [2.75, 3.05) is 13.2 Å². The first kappa shape index (κ1) is 14.9.